The standard InChI is InChI=1S/C37H43N3O4S/c1-6-38-37(42)35(24-30-10-8-7-9-11-30)39(25-31-16-12-28(4)13-17-31)36(41)26-40(33-20-18-32(19-21-33)27(2)3)45(43,44)34-22-14-29(5)15-23-34/h7-23,27,35H,6,24-26H2,1-5H3,(H,38,42)/t35-/m1/s1. The molecule has 0 saturated carbocycles. The Morgan fingerprint density at radius 1 is 0.756 bits per heavy atom. The van der Waals surface area contributed by atoms with Gasteiger partial charge in [-0.15, -0.1) is 0 Å². The Kier molecular flexibility index (Phi) is 11.2. The zero-order valence-electron chi connectivity index (χ0n) is 26.7. The molecule has 0 aliphatic heterocycles. The number of nitrogens with zero attached hydrogens (tertiary/aromatic N) is 2. The van der Waals surface area contributed by atoms with Crippen LogP contribution in [0.15, 0.2) is 108 Å². The maximum Gasteiger partial charge on any atom is 0.264 e. The number of likely N-dealkylation sites (N-methyl/N-ethyl adjacent to an activating group) is 1. The molecule has 0 fully saturated rings. The van der Waals surface area contributed by atoms with Gasteiger partial charge in [0.15, 0.2) is 0 Å². The first kappa shape index (κ1) is 33.5. The van der Waals surface area contributed by atoms with Crippen LogP contribution in [0.1, 0.15) is 54.5 Å². The molecule has 0 spiro atoms. The van der Waals surface area contributed by atoms with Gasteiger partial charge in [-0.1, -0.05) is 104 Å². The highest BCUT2D eigenvalue weighted by atomic mass is 32.2. The average Bonchev–Trinajstić information content (AvgIpc) is 3.03. The molecule has 2 amide bonds. The molecule has 8 heteroatoms. The maximum atomic E-state index is 14.5. The van der Waals surface area contributed by atoms with Gasteiger partial charge in [0.2, 0.25) is 11.8 Å². The Hall–Kier alpha value is -4.43. The van der Waals surface area contributed by atoms with E-state index >= 15 is 0 Å². The van der Waals surface area contributed by atoms with Crippen LogP contribution in [-0.4, -0.2) is 44.3 Å². The van der Waals surface area contributed by atoms with E-state index in [1.165, 1.54) is 4.90 Å². The van der Waals surface area contributed by atoms with Crippen LogP contribution in [0.3, 0.4) is 0 Å². The van der Waals surface area contributed by atoms with Crippen LogP contribution in [0.4, 0.5) is 5.69 Å². The van der Waals surface area contributed by atoms with Gasteiger partial charge >= 0.3 is 0 Å². The maximum absolute atomic E-state index is 14.5. The number of hydrogen-bond acceptors (Lipinski definition) is 4. The number of benzene rings is 4. The quantitative estimate of drug-likeness (QED) is 0.186. The number of hydrogen-bond donors (Lipinski definition) is 1. The van der Waals surface area contributed by atoms with Gasteiger partial charge in [0.1, 0.15) is 12.6 Å². The molecule has 236 valence electrons. The van der Waals surface area contributed by atoms with Crippen molar-refractivity contribution in [1.29, 1.82) is 0 Å². The van der Waals surface area contributed by atoms with Gasteiger partial charge in [0, 0.05) is 19.5 Å². The first-order valence-electron chi connectivity index (χ1n) is 15.4. The lowest BCUT2D eigenvalue weighted by molar-refractivity contribution is -0.140. The minimum atomic E-state index is -4.14. The van der Waals surface area contributed by atoms with Crippen molar-refractivity contribution in [3.8, 4) is 0 Å². The summed E-state index contributed by atoms with van der Waals surface area (Å²) in [6, 6.07) is 30.3. The van der Waals surface area contributed by atoms with E-state index in [1.54, 1.807) is 36.4 Å². The second kappa shape index (κ2) is 15.0. The first-order chi connectivity index (χ1) is 21.5. The summed E-state index contributed by atoms with van der Waals surface area (Å²) < 4.78 is 29.5. The third kappa shape index (κ3) is 8.60. The molecule has 0 unspecified atom stereocenters. The van der Waals surface area contributed by atoms with E-state index in [-0.39, 0.29) is 29.7 Å². The molecule has 7 nitrogen and oxygen atoms in total. The van der Waals surface area contributed by atoms with Gasteiger partial charge in [0.25, 0.3) is 10.0 Å². The largest absolute Gasteiger partial charge is 0.355 e. The van der Waals surface area contributed by atoms with E-state index in [2.05, 4.69) is 19.2 Å². The Morgan fingerprint density at radius 3 is 1.89 bits per heavy atom. The van der Waals surface area contributed by atoms with Crippen LogP contribution in [0, 0.1) is 13.8 Å². The Bertz CT molecular complexity index is 1670. The van der Waals surface area contributed by atoms with E-state index in [0.717, 1.165) is 32.1 Å². The van der Waals surface area contributed by atoms with Crippen molar-refractivity contribution in [3.05, 3.63) is 131 Å². The number of carbonyl (C=O) groups is 2. The van der Waals surface area contributed by atoms with Gasteiger partial charge in [-0.25, -0.2) is 8.42 Å². The highest BCUT2D eigenvalue weighted by Crippen LogP contribution is 2.27. The molecule has 4 aromatic carbocycles. The van der Waals surface area contributed by atoms with E-state index in [0.29, 0.717) is 12.2 Å². The molecule has 0 heterocycles. The molecule has 0 bridgehead atoms. The summed E-state index contributed by atoms with van der Waals surface area (Å²) in [5, 5.41) is 2.89. The van der Waals surface area contributed by atoms with Crippen LogP contribution in [0.2, 0.25) is 0 Å². The van der Waals surface area contributed by atoms with Crippen molar-refractivity contribution in [3.63, 3.8) is 0 Å². The number of carbonyl (C=O) groups excluding carboxylic acids is 2. The third-order valence-corrected chi connectivity index (χ3v) is 9.62. The molecule has 4 aromatic rings. The van der Waals surface area contributed by atoms with Crippen molar-refractivity contribution in [2.45, 2.75) is 64.4 Å². The number of nitrogens with one attached hydrogen (secondary N) is 1. The molecule has 45 heavy (non-hydrogen) atoms. The summed E-state index contributed by atoms with van der Waals surface area (Å²) >= 11 is 0. The molecule has 4 rings (SSSR count). The second-order valence-corrected chi connectivity index (χ2v) is 13.5. The summed E-state index contributed by atoms with van der Waals surface area (Å²) in [7, 11) is -4.14. The van der Waals surface area contributed by atoms with Gasteiger partial charge in [-0.3, -0.25) is 13.9 Å². The predicted molar refractivity (Wildman–Crippen MR) is 181 cm³/mol. The number of anilines is 1. The Labute approximate surface area is 268 Å². The second-order valence-electron chi connectivity index (χ2n) is 11.7. The fourth-order valence-corrected chi connectivity index (χ4v) is 6.54. The summed E-state index contributed by atoms with van der Waals surface area (Å²) in [6.07, 6.45) is 0.276. The SMILES string of the molecule is CCNC(=O)[C@@H](Cc1ccccc1)N(Cc1ccc(C)cc1)C(=O)CN(c1ccc(C(C)C)cc1)S(=O)(=O)c1ccc(C)cc1. The van der Waals surface area contributed by atoms with Crippen molar-refractivity contribution >= 4 is 27.5 Å². The van der Waals surface area contributed by atoms with Crippen molar-refractivity contribution < 1.29 is 18.0 Å². The van der Waals surface area contributed by atoms with E-state index in [9.17, 15) is 18.0 Å². The molecular formula is C37H43N3O4S. The average molecular weight is 626 g/mol. The lowest BCUT2D eigenvalue weighted by atomic mass is 10.0. The topological polar surface area (TPSA) is 86.8 Å². The van der Waals surface area contributed by atoms with Crippen LogP contribution < -0.4 is 9.62 Å². The normalized spacial score (nSPS) is 12.0. The molecule has 0 aromatic heterocycles. The molecule has 1 atom stereocenters. The lowest BCUT2D eigenvalue weighted by Gasteiger charge is -2.34. The zero-order chi connectivity index (χ0) is 32.6. The summed E-state index contributed by atoms with van der Waals surface area (Å²) in [6.45, 7) is 9.89. The first-order valence-corrected chi connectivity index (χ1v) is 16.8. The number of amides is 2. The van der Waals surface area contributed by atoms with Crippen LogP contribution in [-0.2, 0) is 32.6 Å². The molecule has 0 aliphatic carbocycles. The van der Waals surface area contributed by atoms with Crippen LogP contribution >= 0.6 is 0 Å². The van der Waals surface area contributed by atoms with E-state index in [4.69, 9.17) is 0 Å². The number of sulfonamides is 1. The third-order valence-electron chi connectivity index (χ3n) is 7.83. The van der Waals surface area contributed by atoms with Gasteiger partial charge in [0.05, 0.1) is 10.6 Å². The van der Waals surface area contributed by atoms with Crippen molar-refractivity contribution in [2.24, 2.45) is 0 Å². The van der Waals surface area contributed by atoms with Crippen molar-refractivity contribution in [1.82, 2.24) is 10.2 Å². The Morgan fingerprint density at radius 2 is 1.33 bits per heavy atom. The van der Waals surface area contributed by atoms with Gasteiger partial charge < -0.3 is 10.2 Å². The molecule has 0 radical (unpaired) electrons. The van der Waals surface area contributed by atoms with Crippen LogP contribution in [0.25, 0.3) is 0 Å². The smallest absolute Gasteiger partial charge is 0.264 e. The van der Waals surface area contributed by atoms with Crippen molar-refractivity contribution in [2.75, 3.05) is 17.4 Å². The summed E-state index contributed by atoms with van der Waals surface area (Å²) in [5.74, 6) is -0.522. The summed E-state index contributed by atoms with van der Waals surface area (Å²) in [4.78, 5) is 29.7. The van der Waals surface area contributed by atoms with E-state index < -0.39 is 28.5 Å². The molecule has 0 saturated heterocycles. The predicted octanol–water partition coefficient (Wildman–Crippen LogP) is 6.40. The van der Waals surface area contributed by atoms with Gasteiger partial charge in [-0.2, -0.15) is 0 Å². The fourth-order valence-electron chi connectivity index (χ4n) is 5.13. The minimum Gasteiger partial charge on any atom is -0.355 e. The number of aryl methyl sites for hydroxylation is 2. The van der Waals surface area contributed by atoms with Crippen LogP contribution in [0.5, 0.6) is 0 Å². The Balaban J connectivity index is 1.80. The summed E-state index contributed by atoms with van der Waals surface area (Å²) in [5.41, 5.74) is 5.16. The van der Waals surface area contributed by atoms with E-state index in [1.807, 2.05) is 87.5 Å². The highest BCUT2D eigenvalue weighted by molar-refractivity contribution is 7.92. The minimum absolute atomic E-state index is 0.0866. The molecule has 0 aliphatic rings. The molecular weight excluding hydrogens is 582 g/mol. The fraction of sp³-hybridized carbons (Fsp3) is 0.297. The monoisotopic (exact) mass is 625 g/mol. The van der Waals surface area contributed by atoms with Gasteiger partial charge in [-0.05, 0) is 67.6 Å². The molecule has 1 N–H and O–H groups in total. The highest BCUT2D eigenvalue weighted by Gasteiger charge is 2.34. The number of rotatable bonds is 13. The zero-order valence-corrected chi connectivity index (χ0v) is 27.6. The lowest BCUT2D eigenvalue weighted by Crippen LogP contribution is -2.53.